The van der Waals surface area contributed by atoms with Crippen molar-refractivity contribution < 1.29 is 4.74 Å². The van der Waals surface area contributed by atoms with Crippen LogP contribution in [0.15, 0.2) is 146 Å². The van der Waals surface area contributed by atoms with Crippen LogP contribution in [0.1, 0.15) is 124 Å². The molecule has 0 saturated carbocycles. The second-order valence-corrected chi connectivity index (χ2v) is 17.1. The molecule has 6 aromatic carbocycles. The molecule has 0 amide bonds. The van der Waals surface area contributed by atoms with Crippen LogP contribution in [0.3, 0.4) is 0 Å². The molecule has 1 atom stereocenters. The molecule has 0 aromatic heterocycles. The molecule has 1 unspecified atom stereocenters. The summed E-state index contributed by atoms with van der Waals surface area (Å²) >= 11 is 0. The molecule has 6 rings (SSSR count). The van der Waals surface area contributed by atoms with Crippen molar-refractivity contribution in [2.24, 2.45) is 11.8 Å². The lowest BCUT2D eigenvalue weighted by Crippen LogP contribution is -2.10. The Kier molecular flexibility index (Phi) is 17.4. The van der Waals surface area contributed by atoms with E-state index >= 15 is 0 Å². The summed E-state index contributed by atoms with van der Waals surface area (Å²) in [4.78, 5) is 2.36. The van der Waals surface area contributed by atoms with E-state index in [9.17, 15) is 0 Å². The molecule has 61 heavy (non-hydrogen) atoms. The van der Waals surface area contributed by atoms with E-state index in [2.05, 4.69) is 222 Å². The molecule has 0 saturated heterocycles. The van der Waals surface area contributed by atoms with E-state index in [1.807, 2.05) is 0 Å². The summed E-state index contributed by atoms with van der Waals surface area (Å²) in [7, 11) is 0. The lowest BCUT2D eigenvalue weighted by molar-refractivity contribution is 0.275. The minimum atomic E-state index is 0.645. The monoisotopic (exact) mass is 806 g/mol. The molecular weight excluding hydrogens is 739 g/mol. The summed E-state index contributed by atoms with van der Waals surface area (Å²) in [6, 6.07) is 52.4. The first-order valence-electron chi connectivity index (χ1n) is 22.9. The van der Waals surface area contributed by atoms with Crippen LogP contribution in [0.2, 0.25) is 0 Å². The van der Waals surface area contributed by atoms with Crippen LogP contribution in [0.25, 0.3) is 36.5 Å². The third kappa shape index (κ3) is 14.4. The highest BCUT2D eigenvalue weighted by Crippen LogP contribution is 2.36. The quantitative estimate of drug-likeness (QED) is 0.0501. The van der Waals surface area contributed by atoms with Gasteiger partial charge in [0.15, 0.2) is 0 Å². The minimum Gasteiger partial charge on any atom is -0.493 e. The number of hydrogen-bond acceptors (Lipinski definition) is 2. The summed E-state index contributed by atoms with van der Waals surface area (Å²) in [5.41, 5.74) is 13.0. The third-order valence-corrected chi connectivity index (χ3v) is 11.5. The number of hydrogen-bond donors (Lipinski definition) is 0. The molecule has 0 spiro atoms. The highest BCUT2D eigenvalue weighted by atomic mass is 16.5. The Bertz CT molecular complexity index is 2260. The first-order valence-corrected chi connectivity index (χ1v) is 22.9. The number of benzene rings is 6. The van der Waals surface area contributed by atoms with E-state index in [1.165, 1.54) is 78.3 Å². The molecule has 0 heterocycles. The fourth-order valence-electron chi connectivity index (χ4n) is 7.73. The van der Waals surface area contributed by atoms with Crippen molar-refractivity contribution in [3.63, 3.8) is 0 Å². The lowest BCUT2D eigenvalue weighted by Gasteiger charge is -2.26. The van der Waals surface area contributed by atoms with Gasteiger partial charge in [-0.15, -0.1) is 0 Å². The van der Waals surface area contributed by atoms with Crippen LogP contribution in [-0.4, -0.2) is 6.61 Å². The zero-order valence-electron chi connectivity index (χ0n) is 37.4. The Morgan fingerprint density at radius 3 is 1.54 bits per heavy atom. The van der Waals surface area contributed by atoms with Crippen LogP contribution in [0.4, 0.5) is 17.1 Å². The maximum atomic E-state index is 6.58. The molecule has 0 aliphatic rings. The Hall–Kier alpha value is -5.86. The number of nitrogens with zero attached hydrogens (tertiary/aromatic N) is 1. The van der Waals surface area contributed by atoms with Crippen LogP contribution >= 0.6 is 0 Å². The van der Waals surface area contributed by atoms with E-state index in [0.29, 0.717) is 12.5 Å². The average Bonchev–Trinajstić information content (AvgIpc) is 3.28. The van der Waals surface area contributed by atoms with Gasteiger partial charge in [-0.25, -0.2) is 0 Å². The van der Waals surface area contributed by atoms with Gasteiger partial charge < -0.3 is 9.64 Å². The molecule has 0 N–H and O–H groups in total. The van der Waals surface area contributed by atoms with Crippen molar-refractivity contribution in [2.75, 3.05) is 11.5 Å². The van der Waals surface area contributed by atoms with Gasteiger partial charge in [0.2, 0.25) is 0 Å². The van der Waals surface area contributed by atoms with Gasteiger partial charge in [-0.05, 0) is 125 Å². The summed E-state index contributed by atoms with van der Waals surface area (Å²) < 4.78 is 6.58. The molecule has 0 aliphatic heterocycles. The van der Waals surface area contributed by atoms with Gasteiger partial charge in [0.1, 0.15) is 5.75 Å². The molecule has 0 fully saturated rings. The minimum absolute atomic E-state index is 0.645. The highest BCUT2D eigenvalue weighted by Gasteiger charge is 2.13. The summed E-state index contributed by atoms with van der Waals surface area (Å²) in [5.74, 6) is 2.34. The summed E-state index contributed by atoms with van der Waals surface area (Å²) in [5, 5.41) is 0. The predicted octanol–water partition coefficient (Wildman–Crippen LogP) is 17.3. The Balaban J connectivity index is 1.22. The van der Waals surface area contributed by atoms with Gasteiger partial charge in [-0.1, -0.05) is 200 Å². The SMILES string of the molecule is CCCCCCc1ccc(N(c2ccc(/C=C/c3ccccc3)cc2)c2ccc(/C=C/c3cc(OCCC(C)CCCC(C)C)c(/C=C/c4ccccc4)cc3C)cc2)cc1. The first kappa shape index (κ1) is 44.7. The van der Waals surface area contributed by atoms with E-state index in [0.717, 1.165) is 52.7 Å². The van der Waals surface area contributed by atoms with Crippen molar-refractivity contribution in [3.05, 3.63) is 190 Å². The predicted molar refractivity (Wildman–Crippen MR) is 268 cm³/mol. The van der Waals surface area contributed by atoms with Gasteiger partial charge in [0, 0.05) is 22.6 Å². The van der Waals surface area contributed by atoms with E-state index < -0.39 is 0 Å². The number of aryl methyl sites for hydroxylation is 2. The molecule has 6 aromatic rings. The van der Waals surface area contributed by atoms with E-state index in [-0.39, 0.29) is 0 Å². The molecule has 2 nitrogen and oxygen atoms in total. The summed E-state index contributed by atoms with van der Waals surface area (Å²) in [6.45, 7) is 12.2. The lowest BCUT2D eigenvalue weighted by atomic mass is 9.97. The highest BCUT2D eigenvalue weighted by molar-refractivity contribution is 5.81. The Labute approximate surface area is 368 Å². The topological polar surface area (TPSA) is 12.5 Å². The molecule has 314 valence electrons. The zero-order valence-corrected chi connectivity index (χ0v) is 37.4. The maximum Gasteiger partial charge on any atom is 0.127 e. The fourth-order valence-corrected chi connectivity index (χ4v) is 7.73. The van der Waals surface area contributed by atoms with Crippen molar-refractivity contribution >= 4 is 53.5 Å². The first-order chi connectivity index (χ1) is 29.8. The van der Waals surface area contributed by atoms with Crippen LogP contribution in [0.5, 0.6) is 5.75 Å². The van der Waals surface area contributed by atoms with E-state index in [4.69, 9.17) is 4.74 Å². The van der Waals surface area contributed by atoms with Gasteiger partial charge in [0.05, 0.1) is 6.61 Å². The second kappa shape index (κ2) is 23.8. The second-order valence-electron chi connectivity index (χ2n) is 17.1. The Morgan fingerprint density at radius 1 is 0.492 bits per heavy atom. The van der Waals surface area contributed by atoms with Gasteiger partial charge in [-0.3, -0.25) is 0 Å². The maximum absolute atomic E-state index is 6.58. The fraction of sp³-hybridized carbons (Fsp3) is 0.288. The number of unbranched alkanes of at least 4 members (excludes halogenated alkanes) is 3. The number of anilines is 3. The molecule has 2 heteroatoms. The van der Waals surface area contributed by atoms with Crippen molar-refractivity contribution in [3.8, 4) is 5.75 Å². The summed E-state index contributed by atoms with van der Waals surface area (Å²) in [6.07, 6.45) is 24.3. The molecule has 0 radical (unpaired) electrons. The molecule has 0 aliphatic carbocycles. The molecular formula is C59H67NO. The third-order valence-electron chi connectivity index (χ3n) is 11.5. The van der Waals surface area contributed by atoms with Crippen molar-refractivity contribution in [2.45, 2.75) is 92.4 Å². The van der Waals surface area contributed by atoms with Gasteiger partial charge in [0.25, 0.3) is 0 Å². The number of rotatable bonds is 22. The average molecular weight is 806 g/mol. The zero-order chi connectivity index (χ0) is 42.7. The van der Waals surface area contributed by atoms with E-state index in [1.54, 1.807) is 0 Å². The smallest absolute Gasteiger partial charge is 0.127 e. The standard InChI is InChI=1S/C59H67NO/c1-6-7-8-11-23-51-28-36-56(37-29-51)60(57-38-30-52(31-39-57)25-24-49-19-12-9-13-20-49)58-40-32-53(33-41-58)26-34-54-45-59(61-43-42-47(4)18-16-17-46(2)3)55(44-48(54)5)35-27-50-21-14-10-15-22-50/h9-10,12-15,19-22,24-41,44-47H,6-8,11,16-18,23,42-43H2,1-5H3/b25-24+,34-26+,35-27+. The Morgan fingerprint density at radius 2 is 1.00 bits per heavy atom. The van der Waals surface area contributed by atoms with Crippen molar-refractivity contribution in [1.82, 2.24) is 0 Å². The van der Waals surface area contributed by atoms with Gasteiger partial charge >= 0.3 is 0 Å². The van der Waals surface area contributed by atoms with Crippen LogP contribution in [-0.2, 0) is 6.42 Å². The van der Waals surface area contributed by atoms with Gasteiger partial charge in [-0.2, -0.15) is 0 Å². The van der Waals surface area contributed by atoms with Crippen LogP contribution < -0.4 is 9.64 Å². The largest absolute Gasteiger partial charge is 0.493 e. The normalized spacial score (nSPS) is 12.2. The number of ether oxygens (including phenoxy) is 1. The van der Waals surface area contributed by atoms with Crippen molar-refractivity contribution in [1.29, 1.82) is 0 Å². The van der Waals surface area contributed by atoms with Crippen LogP contribution in [0, 0.1) is 18.8 Å². The molecule has 0 bridgehead atoms.